The van der Waals surface area contributed by atoms with Crippen molar-refractivity contribution in [1.82, 2.24) is 5.32 Å². The van der Waals surface area contributed by atoms with Gasteiger partial charge < -0.3 is 10.4 Å². The average molecular weight is 300 g/mol. The highest BCUT2D eigenvalue weighted by Gasteiger charge is 2.33. The van der Waals surface area contributed by atoms with Gasteiger partial charge in [0.1, 0.15) is 5.82 Å². The van der Waals surface area contributed by atoms with E-state index in [1.54, 1.807) is 12.1 Å². The first-order valence-electron chi connectivity index (χ1n) is 7.43. The molecule has 0 radical (unpaired) electrons. The quantitative estimate of drug-likeness (QED) is 0.869. The SMILES string of the molecule is CCCNC1CCC(O)(Cc2cccc(Cl)c2F)CC1. The first-order chi connectivity index (χ1) is 9.54. The van der Waals surface area contributed by atoms with Crippen molar-refractivity contribution >= 4 is 11.6 Å². The molecule has 0 bridgehead atoms. The zero-order valence-corrected chi connectivity index (χ0v) is 12.7. The Balaban J connectivity index is 1.95. The largest absolute Gasteiger partial charge is 0.390 e. The lowest BCUT2D eigenvalue weighted by Crippen LogP contribution is -2.42. The van der Waals surface area contributed by atoms with E-state index in [0.29, 0.717) is 30.9 Å². The molecule has 1 aliphatic carbocycles. The predicted molar refractivity (Wildman–Crippen MR) is 80.6 cm³/mol. The minimum absolute atomic E-state index is 0.129. The minimum Gasteiger partial charge on any atom is -0.390 e. The van der Waals surface area contributed by atoms with Crippen LogP contribution in [0.2, 0.25) is 5.02 Å². The topological polar surface area (TPSA) is 32.3 Å². The van der Waals surface area contributed by atoms with Gasteiger partial charge in [-0.25, -0.2) is 4.39 Å². The van der Waals surface area contributed by atoms with E-state index in [0.717, 1.165) is 25.8 Å². The first kappa shape index (κ1) is 15.7. The Labute approximate surface area is 125 Å². The summed E-state index contributed by atoms with van der Waals surface area (Å²) in [5.74, 6) is -0.395. The zero-order valence-electron chi connectivity index (χ0n) is 12.0. The molecule has 1 saturated carbocycles. The van der Waals surface area contributed by atoms with Gasteiger partial charge in [-0.15, -0.1) is 0 Å². The lowest BCUT2D eigenvalue weighted by Gasteiger charge is -2.36. The summed E-state index contributed by atoms with van der Waals surface area (Å²) < 4.78 is 13.9. The smallest absolute Gasteiger partial charge is 0.145 e. The Morgan fingerprint density at radius 1 is 1.40 bits per heavy atom. The van der Waals surface area contributed by atoms with Crippen molar-refractivity contribution in [3.63, 3.8) is 0 Å². The maximum Gasteiger partial charge on any atom is 0.145 e. The molecule has 1 aliphatic rings. The number of hydrogen-bond donors (Lipinski definition) is 2. The first-order valence-corrected chi connectivity index (χ1v) is 7.80. The third-order valence-corrected chi connectivity index (χ3v) is 4.44. The maximum absolute atomic E-state index is 13.9. The Kier molecular flexibility index (Phi) is 5.42. The number of halogens is 2. The molecule has 0 unspecified atom stereocenters. The van der Waals surface area contributed by atoms with Crippen molar-refractivity contribution < 1.29 is 9.50 Å². The van der Waals surface area contributed by atoms with Crippen molar-refractivity contribution in [1.29, 1.82) is 0 Å². The molecule has 1 aromatic rings. The monoisotopic (exact) mass is 299 g/mol. The highest BCUT2D eigenvalue weighted by atomic mass is 35.5. The second-order valence-electron chi connectivity index (χ2n) is 5.84. The summed E-state index contributed by atoms with van der Waals surface area (Å²) in [6, 6.07) is 5.47. The Hall–Kier alpha value is -0.640. The fourth-order valence-electron chi connectivity index (χ4n) is 2.92. The summed E-state index contributed by atoms with van der Waals surface area (Å²) in [6.45, 7) is 3.17. The van der Waals surface area contributed by atoms with Gasteiger partial charge >= 0.3 is 0 Å². The normalized spacial score (nSPS) is 26.7. The van der Waals surface area contributed by atoms with Gasteiger partial charge in [-0.2, -0.15) is 0 Å². The summed E-state index contributed by atoms with van der Waals surface area (Å²) in [7, 11) is 0. The van der Waals surface area contributed by atoms with E-state index in [9.17, 15) is 9.50 Å². The summed E-state index contributed by atoms with van der Waals surface area (Å²) in [6.07, 6.45) is 4.77. The molecular weight excluding hydrogens is 277 g/mol. The molecule has 1 fully saturated rings. The lowest BCUT2D eigenvalue weighted by molar-refractivity contribution is -0.00370. The number of nitrogens with one attached hydrogen (secondary N) is 1. The fourth-order valence-corrected chi connectivity index (χ4v) is 3.12. The van der Waals surface area contributed by atoms with Crippen LogP contribution < -0.4 is 5.32 Å². The van der Waals surface area contributed by atoms with Crippen LogP contribution in [0.25, 0.3) is 0 Å². The second kappa shape index (κ2) is 6.88. The second-order valence-corrected chi connectivity index (χ2v) is 6.25. The van der Waals surface area contributed by atoms with Crippen LogP contribution in [0.5, 0.6) is 0 Å². The predicted octanol–water partition coefficient (Wildman–Crippen LogP) is 3.69. The zero-order chi connectivity index (χ0) is 14.6. The fraction of sp³-hybridized carbons (Fsp3) is 0.625. The number of benzene rings is 1. The van der Waals surface area contributed by atoms with E-state index in [1.807, 2.05) is 0 Å². The molecule has 0 atom stereocenters. The molecule has 2 nitrogen and oxygen atoms in total. The van der Waals surface area contributed by atoms with E-state index >= 15 is 0 Å². The van der Waals surface area contributed by atoms with E-state index < -0.39 is 11.4 Å². The third kappa shape index (κ3) is 3.94. The standard InChI is InChI=1S/C16H23ClFNO/c1-2-10-19-13-6-8-16(20,9-7-13)11-12-4-3-5-14(17)15(12)18/h3-5,13,19-20H,2,6-11H2,1H3. The molecule has 0 amide bonds. The lowest BCUT2D eigenvalue weighted by atomic mass is 9.78. The minimum atomic E-state index is -0.796. The molecule has 0 aliphatic heterocycles. The van der Waals surface area contributed by atoms with Crippen LogP contribution in [0.15, 0.2) is 18.2 Å². The molecule has 0 heterocycles. The highest BCUT2D eigenvalue weighted by molar-refractivity contribution is 6.30. The van der Waals surface area contributed by atoms with E-state index in [2.05, 4.69) is 12.2 Å². The summed E-state index contributed by atoms with van der Waals surface area (Å²) in [5.41, 5.74) is -0.282. The van der Waals surface area contributed by atoms with Gasteiger partial charge in [0, 0.05) is 12.5 Å². The van der Waals surface area contributed by atoms with Gasteiger partial charge in [-0.3, -0.25) is 0 Å². The highest BCUT2D eigenvalue weighted by Crippen LogP contribution is 2.33. The van der Waals surface area contributed by atoms with Crippen molar-refractivity contribution in [3.05, 3.63) is 34.6 Å². The number of aliphatic hydroxyl groups is 1. The molecule has 0 saturated heterocycles. The van der Waals surface area contributed by atoms with Gasteiger partial charge in [0.25, 0.3) is 0 Å². The number of hydrogen-bond acceptors (Lipinski definition) is 2. The van der Waals surface area contributed by atoms with Crippen LogP contribution in [0, 0.1) is 5.82 Å². The van der Waals surface area contributed by atoms with Crippen molar-refractivity contribution in [3.8, 4) is 0 Å². The molecule has 0 spiro atoms. The molecule has 0 aromatic heterocycles. The number of rotatable bonds is 5. The van der Waals surface area contributed by atoms with Crippen molar-refractivity contribution in [2.75, 3.05) is 6.54 Å². The van der Waals surface area contributed by atoms with Crippen LogP contribution in [0.1, 0.15) is 44.6 Å². The maximum atomic E-state index is 13.9. The van der Waals surface area contributed by atoms with E-state index in [4.69, 9.17) is 11.6 Å². The third-order valence-electron chi connectivity index (χ3n) is 4.15. The van der Waals surface area contributed by atoms with Crippen LogP contribution in [-0.4, -0.2) is 23.3 Å². The molecule has 2 N–H and O–H groups in total. The van der Waals surface area contributed by atoms with Gasteiger partial charge in [0.05, 0.1) is 10.6 Å². The van der Waals surface area contributed by atoms with Gasteiger partial charge in [-0.1, -0.05) is 30.7 Å². The van der Waals surface area contributed by atoms with E-state index in [1.165, 1.54) is 6.07 Å². The van der Waals surface area contributed by atoms with Crippen molar-refractivity contribution in [2.24, 2.45) is 0 Å². The van der Waals surface area contributed by atoms with Crippen LogP contribution in [0.4, 0.5) is 4.39 Å². The summed E-state index contributed by atoms with van der Waals surface area (Å²) in [4.78, 5) is 0. The molecule has 1 aromatic carbocycles. The molecule has 2 rings (SSSR count). The molecule has 112 valence electrons. The Bertz CT molecular complexity index is 444. The van der Waals surface area contributed by atoms with Crippen LogP contribution in [0.3, 0.4) is 0 Å². The van der Waals surface area contributed by atoms with Gasteiger partial charge in [0.15, 0.2) is 0 Å². The Morgan fingerprint density at radius 3 is 2.75 bits per heavy atom. The molecular formula is C16H23ClFNO. The summed E-state index contributed by atoms with van der Waals surface area (Å²) >= 11 is 5.79. The van der Waals surface area contributed by atoms with Crippen LogP contribution in [-0.2, 0) is 6.42 Å². The van der Waals surface area contributed by atoms with Crippen molar-refractivity contribution in [2.45, 2.75) is 57.1 Å². The van der Waals surface area contributed by atoms with Gasteiger partial charge in [0.2, 0.25) is 0 Å². The molecule has 20 heavy (non-hydrogen) atoms. The average Bonchev–Trinajstić information content (AvgIpc) is 2.43. The van der Waals surface area contributed by atoms with Gasteiger partial charge in [-0.05, 0) is 50.3 Å². The van der Waals surface area contributed by atoms with E-state index in [-0.39, 0.29) is 5.02 Å². The van der Waals surface area contributed by atoms with Crippen LogP contribution >= 0.6 is 11.6 Å². The Morgan fingerprint density at radius 2 is 2.10 bits per heavy atom. The molecule has 4 heteroatoms. The summed E-state index contributed by atoms with van der Waals surface area (Å²) in [5, 5.41) is 14.3.